The van der Waals surface area contributed by atoms with Gasteiger partial charge in [-0.15, -0.1) is 0 Å². The molecule has 10 heteroatoms. The molecular formula is C22H27Cl2N3O4S. The zero-order valence-electron chi connectivity index (χ0n) is 18.4. The first-order valence-corrected chi connectivity index (χ1v) is 12.6. The second-order valence-electron chi connectivity index (χ2n) is 7.35. The maximum atomic E-state index is 13.4. The maximum Gasteiger partial charge on any atom is 0.244 e. The van der Waals surface area contributed by atoms with Crippen molar-refractivity contribution < 1.29 is 18.0 Å². The summed E-state index contributed by atoms with van der Waals surface area (Å²) in [7, 11) is -3.78. The number of halogens is 2. The summed E-state index contributed by atoms with van der Waals surface area (Å²) in [6.07, 6.45) is 1.04. The fourth-order valence-corrected chi connectivity index (χ4v) is 4.62. The van der Waals surface area contributed by atoms with Gasteiger partial charge < -0.3 is 10.2 Å². The largest absolute Gasteiger partial charge is 0.355 e. The van der Waals surface area contributed by atoms with Crippen LogP contribution in [0.15, 0.2) is 42.5 Å². The summed E-state index contributed by atoms with van der Waals surface area (Å²) in [5.74, 6) is -0.931. The third-order valence-electron chi connectivity index (χ3n) is 4.97. The van der Waals surface area contributed by atoms with E-state index in [2.05, 4.69) is 5.32 Å². The highest BCUT2D eigenvalue weighted by Crippen LogP contribution is 2.27. The summed E-state index contributed by atoms with van der Waals surface area (Å²) in [5, 5.41) is 3.38. The lowest BCUT2D eigenvalue weighted by molar-refractivity contribution is -0.139. The summed E-state index contributed by atoms with van der Waals surface area (Å²) in [6, 6.07) is 10.9. The standard InChI is InChI=1S/C22H27Cl2N3O4S/c1-5-25-22(29)16(3)26(13-17-18(23)10-8-11-19(17)24)21(28)14-27(32(4,30)31)20-12-7-6-9-15(20)2/h6-12,16H,5,13-14H2,1-4H3,(H,25,29)/t16-/m0/s1. The average molecular weight is 500 g/mol. The molecule has 32 heavy (non-hydrogen) atoms. The normalized spacial score (nSPS) is 12.2. The number of benzene rings is 2. The van der Waals surface area contributed by atoms with E-state index in [1.165, 1.54) is 4.90 Å². The Morgan fingerprint density at radius 3 is 2.19 bits per heavy atom. The topological polar surface area (TPSA) is 86.8 Å². The molecule has 7 nitrogen and oxygen atoms in total. The molecule has 2 amide bonds. The molecule has 2 rings (SSSR count). The number of nitrogens with zero attached hydrogens (tertiary/aromatic N) is 2. The number of hydrogen-bond donors (Lipinski definition) is 1. The molecule has 2 aromatic carbocycles. The molecule has 0 unspecified atom stereocenters. The Morgan fingerprint density at radius 1 is 1.06 bits per heavy atom. The highest BCUT2D eigenvalue weighted by Gasteiger charge is 2.31. The van der Waals surface area contributed by atoms with Gasteiger partial charge in [-0.1, -0.05) is 47.5 Å². The van der Waals surface area contributed by atoms with Crippen molar-refractivity contribution in [2.45, 2.75) is 33.4 Å². The predicted molar refractivity (Wildman–Crippen MR) is 129 cm³/mol. The van der Waals surface area contributed by atoms with Gasteiger partial charge in [0.05, 0.1) is 11.9 Å². The molecular weight excluding hydrogens is 473 g/mol. The first kappa shape index (κ1) is 26.0. The molecule has 174 valence electrons. The fourth-order valence-electron chi connectivity index (χ4n) is 3.20. The van der Waals surface area contributed by atoms with Crippen LogP contribution in [0.25, 0.3) is 0 Å². The van der Waals surface area contributed by atoms with E-state index in [-0.39, 0.29) is 12.5 Å². The van der Waals surface area contributed by atoms with E-state index >= 15 is 0 Å². The average Bonchev–Trinajstić information content (AvgIpc) is 2.71. The van der Waals surface area contributed by atoms with Crippen molar-refractivity contribution in [1.29, 1.82) is 0 Å². The van der Waals surface area contributed by atoms with Gasteiger partial charge in [0.2, 0.25) is 21.8 Å². The van der Waals surface area contributed by atoms with Gasteiger partial charge in [0.25, 0.3) is 0 Å². The second-order valence-corrected chi connectivity index (χ2v) is 10.1. The Balaban J connectivity index is 2.46. The van der Waals surface area contributed by atoms with Crippen LogP contribution in [0.4, 0.5) is 5.69 Å². The molecule has 1 N–H and O–H groups in total. The van der Waals surface area contributed by atoms with Crippen molar-refractivity contribution in [3.05, 3.63) is 63.6 Å². The number of carbonyl (C=O) groups is 2. The van der Waals surface area contributed by atoms with E-state index in [4.69, 9.17) is 23.2 Å². The number of hydrogen-bond acceptors (Lipinski definition) is 4. The number of carbonyl (C=O) groups excluding carboxylic acids is 2. The highest BCUT2D eigenvalue weighted by atomic mass is 35.5. The van der Waals surface area contributed by atoms with Gasteiger partial charge in [-0.3, -0.25) is 13.9 Å². The van der Waals surface area contributed by atoms with E-state index in [9.17, 15) is 18.0 Å². The van der Waals surface area contributed by atoms with Crippen molar-refractivity contribution in [2.75, 3.05) is 23.7 Å². The lowest BCUT2D eigenvalue weighted by Gasteiger charge is -2.32. The van der Waals surface area contributed by atoms with Crippen molar-refractivity contribution in [3.8, 4) is 0 Å². The minimum atomic E-state index is -3.78. The molecule has 0 radical (unpaired) electrons. The number of sulfonamides is 1. The molecule has 0 aliphatic carbocycles. The van der Waals surface area contributed by atoms with Gasteiger partial charge in [-0.2, -0.15) is 0 Å². The predicted octanol–water partition coefficient (Wildman–Crippen LogP) is 3.62. The van der Waals surface area contributed by atoms with E-state index in [0.29, 0.717) is 33.4 Å². The van der Waals surface area contributed by atoms with Crippen LogP contribution in [-0.2, 0) is 26.2 Å². The van der Waals surface area contributed by atoms with Gasteiger partial charge in [0.1, 0.15) is 12.6 Å². The van der Waals surface area contributed by atoms with Gasteiger partial charge >= 0.3 is 0 Å². The lowest BCUT2D eigenvalue weighted by Crippen LogP contribution is -2.51. The SMILES string of the molecule is CCNC(=O)[C@H](C)N(Cc1c(Cl)cccc1Cl)C(=O)CN(c1ccccc1C)S(C)(=O)=O. The van der Waals surface area contributed by atoms with Gasteiger partial charge in [-0.25, -0.2) is 8.42 Å². The first-order valence-electron chi connectivity index (χ1n) is 10.0. The quantitative estimate of drug-likeness (QED) is 0.570. The van der Waals surface area contributed by atoms with Crippen LogP contribution in [0, 0.1) is 6.92 Å². The van der Waals surface area contributed by atoms with Crippen LogP contribution >= 0.6 is 23.2 Å². The zero-order valence-corrected chi connectivity index (χ0v) is 20.8. The van der Waals surface area contributed by atoms with E-state index < -0.39 is 28.5 Å². The minimum Gasteiger partial charge on any atom is -0.355 e. The number of amides is 2. The van der Waals surface area contributed by atoms with Crippen molar-refractivity contribution in [1.82, 2.24) is 10.2 Å². The molecule has 0 aromatic heterocycles. The van der Waals surface area contributed by atoms with Crippen LogP contribution in [0.2, 0.25) is 10.0 Å². The molecule has 0 spiro atoms. The van der Waals surface area contributed by atoms with Gasteiger partial charge in [-0.05, 0) is 44.5 Å². The number of aryl methyl sites for hydroxylation is 1. The fraction of sp³-hybridized carbons (Fsp3) is 0.364. The van der Waals surface area contributed by atoms with E-state index in [1.54, 1.807) is 63.2 Å². The van der Waals surface area contributed by atoms with Crippen molar-refractivity contribution in [2.24, 2.45) is 0 Å². The van der Waals surface area contributed by atoms with E-state index in [1.807, 2.05) is 0 Å². The van der Waals surface area contributed by atoms with Crippen LogP contribution < -0.4 is 9.62 Å². The Hall–Kier alpha value is -2.29. The van der Waals surface area contributed by atoms with Crippen LogP contribution in [0.3, 0.4) is 0 Å². The summed E-state index contributed by atoms with van der Waals surface area (Å²) >= 11 is 12.6. The Bertz CT molecular complexity index is 1070. The maximum absolute atomic E-state index is 13.4. The molecule has 0 bridgehead atoms. The van der Waals surface area contributed by atoms with Gasteiger partial charge in [0.15, 0.2) is 0 Å². The third-order valence-corrected chi connectivity index (χ3v) is 6.81. The lowest BCUT2D eigenvalue weighted by atomic mass is 10.1. The number of rotatable bonds is 9. The van der Waals surface area contributed by atoms with Crippen LogP contribution in [-0.4, -0.2) is 50.5 Å². The van der Waals surface area contributed by atoms with Crippen molar-refractivity contribution in [3.63, 3.8) is 0 Å². The molecule has 0 aliphatic heterocycles. The molecule has 0 aliphatic rings. The van der Waals surface area contributed by atoms with Gasteiger partial charge in [0, 0.05) is 28.7 Å². The summed E-state index contributed by atoms with van der Waals surface area (Å²) in [4.78, 5) is 27.3. The van der Waals surface area contributed by atoms with E-state index in [0.717, 1.165) is 10.6 Å². The Kier molecular flexibility index (Phi) is 8.95. The summed E-state index contributed by atoms with van der Waals surface area (Å²) in [5.41, 5.74) is 1.56. The smallest absolute Gasteiger partial charge is 0.244 e. The third kappa shape index (κ3) is 6.37. The second kappa shape index (κ2) is 11.0. The monoisotopic (exact) mass is 499 g/mol. The first-order chi connectivity index (χ1) is 15.0. The van der Waals surface area contributed by atoms with Crippen LogP contribution in [0.1, 0.15) is 25.0 Å². The minimum absolute atomic E-state index is 0.0545. The number of likely N-dealkylation sites (N-methyl/N-ethyl adjacent to an activating group) is 1. The van der Waals surface area contributed by atoms with Crippen LogP contribution in [0.5, 0.6) is 0 Å². The molecule has 0 saturated heterocycles. The molecule has 0 heterocycles. The zero-order chi connectivity index (χ0) is 24.1. The highest BCUT2D eigenvalue weighted by molar-refractivity contribution is 7.92. The Morgan fingerprint density at radius 2 is 1.66 bits per heavy atom. The number of nitrogens with one attached hydrogen (secondary N) is 1. The molecule has 1 atom stereocenters. The molecule has 0 saturated carbocycles. The number of para-hydroxylation sites is 1. The summed E-state index contributed by atoms with van der Waals surface area (Å²) in [6.45, 7) is 4.96. The molecule has 2 aromatic rings. The van der Waals surface area contributed by atoms with Crippen molar-refractivity contribution >= 4 is 50.7 Å². The Labute approximate surface area is 199 Å². The molecule has 0 fully saturated rings. The number of anilines is 1. The summed E-state index contributed by atoms with van der Waals surface area (Å²) < 4.78 is 26.1.